The van der Waals surface area contributed by atoms with Gasteiger partial charge < -0.3 is 9.42 Å². The maximum Gasteiger partial charge on any atom is 0.253 e. The van der Waals surface area contributed by atoms with Gasteiger partial charge in [0.05, 0.1) is 5.92 Å². The largest absolute Gasteiger partial charge is 0.339 e. The molecule has 2 aromatic heterocycles. The Morgan fingerprint density at radius 1 is 1.19 bits per heavy atom. The number of likely N-dealkylation sites (tertiary alicyclic amines) is 1. The third-order valence-corrected chi connectivity index (χ3v) is 4.48. The van der Waals surface area contributed by atoms with Crippen LogP contribution in [0.1, 0.15) is 35.0 Å². The molecule has 1 saturated heterocycles. The summed E-state index contributed by atoms with van der Waals surface area (Å²) >= 11 is 0. The van der Waals surface area contributed by atoms with Crippen LogP contribution >= 0.6 is 0 Å². The van der Waals surface area contributed by atoms with Gasteiger partial charge in [-0.2, -0.15) is 4.98 Å². The molecule has 1 atom stereocenters. The lowest BCUT2D eigenvalue weighted by Crippen LogP contribution is -2.39. The highest BCUT2D eigenvalue weighted by Crippen LogP contribution is 2.28. The number of amides is 1. The topological polar surface area (TPSA) is 72.1 Å². The molecule has 7 heteroatoms. The number of halogens is 1. The van der Waals surface area contributed by atoms with E-state index < -0.39 is 0 Å². The molecule has 26 heavy (non-hydrogen) atoms. The molecule has 0 N–H and O–H groups in total. The number of piperidine rings is 1. The minimum Gasteiger partial charge on any atom is -0.339 e. The molecule has 0 radical (unpaired) electrons. The fraction of sp³-hybridized carbons (Fsp3) is 0.263. The van der Waals surface area contributed by atoms with E-state index >= 15 is 0 Å². The van der Waals surface area contributed by atoms with Gasteiger partial charge in [0.25, 0.3) is 5.91 Å². The molecule has 3 heterocycles. The van der Waals surface area contributed by atoms with E-state index in [2.05, 4.69) is 15.1 Å². The molecule has 1 aliphatic heterocycles. The summed E-state index contributed by atoms with van der Waals surface area (Å²) in [6.07, 6.45) is 3.39. The monoisotopic (exact) mass is 352 g/mol. The van der Waals surface area contributed by atoms with Crippen LogP contribution in [0.4, 0.5) is 4.39 Å². The normalized spacial score (nSPS) is 17.3. The van der Waals surface area contributed by atoms with Crippen LogP contribution in [0, 0.1) is 5.82 Å². The fourth-order valence-electron chi connectivity index (χ4n) is 3.14. The number of carbonyl (C=O) groups is 1. The van der Waals surface area contributed by atoms with Crippen molar-refractivity contribution in [2.75, 3.05) is 13.1 Å². The average molecular weight is 352 g/mol. The van der Waals surface area contributed by atoms with Crippen molar-refractivity contribution in [3.05, 3.63) is 65.9 Å². The lowest BCUT2D eigenvalue weighted by Gasteiger charge is -2.31. The molecule has 4 rings (SSSR count). The predicted molar refractivity (Wildman–Crippen MR) is 91.8 cm³/mol. The second-order valence-electron chi connectivity index (χ2n) is 6.27. The first-order valence-electron chi connectivity index (χ1n) is 8.50. The Bertz CT molecular complexity index is 895. The van der Waals surface area contributed by atoms with E-state index in [1.54, 1.807) is 11.1 Å². The molecule has 1 aliphatic rings. The molecular weight excluding hydrogens is 335 g/mol. The third-order valence-electron chi connectivity index (χ3n) is 4.48. The molecule has 0 saturated carbocycles. The van der Waals surface area contributed by atoms with Crippen LogP contribution in [0.25, 0.3) is 11.5 Å². The SMILES string of the molecule is O=C(c1ccc(F)cc1)N1CCCC(c2nc(-c3ccccn3)no2)C1. The Morgan fingerprint density at radius 3 is 2.81 bits per heavy atom. The van der Waals surface area contributed by atoms with Gasteiger partial charge in [0.15, 0.2) is 0 Å². The van der Waals surface area contributed by atoms with E-state index in [1.165, 1.54) is 24.3 Å². The number of hydrogen-bond acceptors (Lipinski definition) is 5. The highest BCUT2D eigenvalue weighted by Gasteiger charge is 2.29. The fourth-order valence-corrected chi connectivity index (χ4v) is 3.14. The van der Waals surface area contributed by atoms with Gasteiger partial charge in [-0.25, -0.2) is 4.39 Å². The third kappa shape index (κ3) is 3.33. The summed E-state index contributed by atoms with van der Waals surface area (Å²) in [7, 11) is 0. The highest BCUT2D eigenvalue weighted by atomic mass is 19.1. The maximum absolute atomic E-state index is 13.1. The number of benzene rings is 1. The number of nitrogens with zero attached hydrogens (tertiary/aromatic N) is 4. The van der Waals surface area contributed by atoms with Crippen LogP contribution in [0.2, 0.25) is 0 Å². The molecule has 0 spiro atoms. The van der Waals surface area contributed by atoms with Gasteiger partial charge in [0.1, 0.15) is 11.5 Å². The summed E-state index contributed by atoms with van der Waals surface area (Å²) < 4.78 is 18.5. The van der Waals surface area contributed by atoms with Crippen molar-refractivity contribution in [2.24, 2.45) is 0 Å². The second kappa shape index (κ2) is 7.03. The summed E-state index contributed by atoms with van der Waals surface area (Å²) in [6, 6.07) is 11.1. The van der Waals surface area contributed by atoms with Gasteiger partial charge in [-0.1, -0.05) is 11.2 Å². The molecule has 6 nitrogen and oxygen atoms in total. The summed E-state index contributed by atoms with van der Waals surface area (Å²) in [6.45, 7) is 1.16. The molecule has 1 fully saturated rings. The van der Waals surface area contributed by atoms with Gasteiger partial charge in [-0.3, -0.25) is 9.78 Å². The van der Waals surface area contributed by atoms with E-state index in [0.717, 1.165) is 12.8 Å². The molecule has 1 unspecified atom stereocenters. The first-order valence-corrected chi connectivity index (χ1v) is 8.50. The summed E-state index contributed by atoms with van der Waals surface area (Å²) in [4.78, 5) is 23.1. The molecular formula is C19H17FN4O2. The molecule has 132 valence electrons. The molecule has 0 aliphatic carbocycles. The first kappa shape index (κ1) is 16.4. The number of aromatic nitrogens is 3. The first-order chi connectivity index (χ1) is 12.7. The Hall–Kier alpha value is -3.09. The predicted octanol–water partition coefficient (Wildman–Crippen LogP) is 3.29. The number of carbonyl (C=O) groups excluding carboxylic acids is 1. The number of rotatable bonds is 3. The van der Waals surface area contributed by atoms with Crippen molar-refractivity contribution in [3.8, 4) is 11.5 Å². The number of pyridine rings is 1. The van der Waals surface area contributed by atoms with Gasteiger partial charge in [0, 0.05) is 24.8 Å². The Balaban J connectivity index is 1.49. The van der Waals surface area contributed by atoms with Gasteiger partial charge in [0.2, 0.25) is 11.7 Å². The van der Waals surface area contributed by atoms with Crippen LogP contribution < -0.4 is 0 Å². The zero-order valence-corrected chi connectivity index (χ0v) is 14.0. The summed E-state index contributed by atoms with van der Waals surface area (Å²) in [5.41, 5.74) is 1.13. The van der Waals surface area contributed by atoms with Crippen LogP contribution in [0.3, 0.4) is 0 Å². The van der Waals surface area contributed by atoms with E-state index in [9.17, 15) is 9.18 Å². The standard InChI is InChI=1S/C19H17FN4O2/c20-15-8-6-13(7-9-15)19(25)24-11-3-4-14(12-24)18-22-17(23-26-18)16-5-1-2-10-21-16/h1-2,5-10,14H,3-4,11-12H2. The van der Waals surface area contributed by atoms with E-state index in [1.807, 2.05) is 18.2 Å². The molecule has 1 aromatic carbocycles. The zero-order valence-electron chi connectivity index (χ0n) is 14.0. The lowest BCUT2D eigenvalue weighted by atomic mass is 9.97. The Kier molecular flexibility index (Phi) is 4.43. The van der Waals surface area contributed by atoms with Crippen molar-refractivity contribution < 1.29 is 13.7 Å². The van der Waals surface area contributed by atoms with Crippen molar-refractivity contribution in [1.82, 2.24) is 20.0 Å². The van der Waals surface area contributed by atoms with Crippen molar-refractivity contribution in [1.29, 1.82) is 0 Å². The van der Waals surface area contributed by atoms with Crippen LogP contribution in [0.15, 0.2) is 53.2 Å². The van der Waals surface area contributed by atoms with Crippen LogP contribution in [-0.4, -0.2) is 39.0 Å². The maximum atomic E-state index is 13.1. The quantitative estimate of drug-likeness (QED) is 0.723. The summed E-state index contributed by atoms with van der Waals surface area (Å²) in [5.74, 6) is 0.480. The Morgan fingerprint density at radius 2 is 2.04 bits per heavy atom. The lowest BCUT2D eigenvalue weighted by molar-refractivity contribution is 0.0695. The van der Waals surface area contributed by atoms with Crippen molar-refractivity contribution in [3.63, 3.8) is 0 Å². The second-order valence-corrected chi connectivity index (χ2v) is 6.27. The summed E-state index contributed by atoms with van der Waals surface area (Å²) in [5, 5.41) is 4.01. The van der Waals surface area contributed by atoms with E-state index in [0.29, 0.717) is 36.1 Å². The zero-order chi connectivity index (χ0) is 17.9. The van der Waals surface area contributed by atoms with Crippen molar-refractivity contribution >= 4 is 5.91 Å². The minimum absolute atomic E-state index is 0.0156. The van der Waals surface area contributed by atoms with Gasteiger partial charge in [-0.15, -0.1) is 0 Å². The molecule has 3 aromatic rings. The minimum atomic E-state index is -0.356. The Labute approximate surface area is 149 Å². The molecule has 0 bridgehead atoms. The van der Waals surface area contributed by atoms with E-state index in [4.69, 9.17) is 4.52 Å². The highest BCUT2D eigenvalue weighted by molar-refractivity contribution is 5.94. The van der Waals surface area contributed by atoms with Gasteiger partial charge >= 0.3 is 0 Å². The number of hydrogen-bond donors (Lipinski definition) is 0. The molecule has 1 amide bonds. The smallest absolute Gasteiger partial charge is 0.253 e. The van der Waals surface area contributed by atoms with Crippen LogP contribution in [-0.2, 0) is 0 Å². The average Bonchev–Trinajstić information content (AvgIpc) is 3.19. The van der Waals surface area contributed by atoms with Crippen LogP contribution in [0.5, 0.6) is 0 Å². The van der Waals surface area contributed by atoms with Crippen molar-refractivity contribution in [2.45, 2.75) is 18.8 Å². The van der Waals surface area contributed by atoms with Gasteiger partial charge in [-0.05, 0) is 49.2 Å². The van der Waals surface area contributed by atoms with E-state index in [-0.39, 0.29) is 17.6 Å².